The highest BCUT2D eigenvalue weighted by atomic mass is 32.2. The first-order valence-corrected chi connectivity index (χ1v) is 10.7. The Hall–Kier alpha value is -3.26. The molecule has 2 aromatic heterocycles. The minimum atomic E-state index is -3.12. The molecule has 3 aromatic rings. The molecule has 8 heteroatoms. The van der Waals surface area contributed by atoms with E-state index in [9.17, 15) is 13.2 Å². The van der Waals surface area contributed by atoms with E-state index in [2.05, 4.69) is 15.4 Å². The smallest absolute Gasteiger partial charge is 0.244 e. The molecule has 0 aliphatic heterocycles. The predicted molar refractivity (Wildman–Crippen MR) is 109 cm³/mol. The number of carbonyl (C=O) groups excluding carboxylic acids is 1. The van der Waals surface area contributed by atoms with Crippen molar-refractivity contribution < 1.29 is 13.2 Å². The summed E-state index contributed by atoms with van der Waals surface area (Å²) in [7, 11) is -3.12. The summed E-state index contributed by atoms with van der Waals surface area (Å²) in [5.41, 5.74) is 3.16. The fraction of sp³-hybridized carbons (Fsp3) is 0.150. The lowest BCUT2D eigenvalue weighted by Crippen LogP contribution is -2.27. The molecule has 1 aromatic carbocycles. The van der Waals surface area contributed by atoms with E-state index in [-0.39, 0.29) is 18.2 Å². The summed E-state index contributed by atoms with van der Waals surface area (Å²) in [5, 5.41) is 7.20. The van der Waals surface area contributed by atoms with E-state index in [1.165, 1.54) is 6.08 Å². The summed E-state index contributed by atoms with van der Waals surface area (Å²) in [5.74, 6) is -0.465. The summed E-state index contributed by atoms with van der Waals surface area (Å²) in [6.45, 7) is 0.0702. The molecular formula is C20H20N4O3S. The van der Waals surface area contributed by atoms with Gasteiger partial charge in [-0.25, -0.2) is 13.1 Å². The second-order valence-corrected chi connectivity index (χ2v) is 8.47. The Bertz CT molecular complexity index is 1080. The zero-order chi connectivity index (χ0) is 20.0. The van der Waals surface area contributed by atoms with E-state index in [0.29, 0.717) is 5.69 Å². The van der Waals surface area contributed by atoms with Gasteiger partial charge in [-0.05, 0) is 30.3 Å². The molecule has 2 heterocycles. The molecule has 3 rings (SSSR count). The predicted octanol–water partition coefficient (Wildman–Crippen LogP) is 2.11. The van der Waals surface area contributed by atoms with Gasteiger partial charge in [0.1, 0.15) is 15.5 Å². The number of nitrogens with one attached hydrogen (secondary N) is 1. The van der Waals surface area contributed by atoms with E-state index in [1.54, 1.807) is 23.2 Å². The van der Waals surface area contributed by atoms with Crippen LogP contribution in [-0.2, 0) is 14.6 Å². The number of benzene rings is 1. The Kier molecular flexibility index (Phi) is 6.00. The Morgan fingerprint density at radius 3 is 2.64 bits per heavy atom. The molecule has 1 amide bonds. The van der Waals surface area contributed by atoms with Gasteiger partial charge < -0.3 is 5.32 Å². The lowest BCUT2D eigenvalue weighted by Gasteiger charge is -2.00. The summed E-state index contributed by atoms with van der Waals surface area (Å²) < 4.78 is 24.0. The highest BCUT2D eigenvalue weighted by molar-refractivity contribution is 7.90. The van der Waals surface area contributed by atoms with Crippen molar-refractivity contribution in [2.75, 3.05) is 18.6 Å². The maximum atomic E-state index is 12.0. The van der Waals surface area contributed by atoms with Crippen LogP contribution >= 0.6 is 0 Å². The Labute approximate surface area is 163 Å². The normalized spacial score (nSPS) is 11.6. The number of hydrogen-bond acceptors (Lipinski definition) is 5. The van der Waals surface area contributed by atoms with E-state index in [0.717, 1.165) is 23.1 Å². The van der Waals surface area contributed by atoms with Gasteiger partial charge in [-0.2, -0.15) is 5.10 Å². The average Bonchev–Trinajstić information content (AvgIpc) is 3.11. The van der Waals surface area contributed by atoms with Crippen LogP contribution in [0.2, 0.25) is 0 Å². The number of amides is 1. The number of nitrogens with zero attached hydrogens (tertiary/aromatic N) is 3. The van der Waals surface area contributed by atoms with E-state index < -0.39 is 9.84 Å². The van der Waals surface area contributed by atoms with Crippen LogP contribution in [-0.4, -0.2) is 47.6 Å². The maximum Gasteiger partial charge on any atom is 0.244 e. The summed E-state index contributed by atoms with van der Waals surface area (Å²) in [6, 6.07) is 13.4. The van der Waals surface area contributed by atoms with Gasteiger partial charge in [0.05, 0.1) is 11.4 Å². The molecule has 0 aliphatic carbocycles. The standard InChI is InChI=1S/C20H20N4O3S/c1-28(26,27)13-12-22-19(25)10-9-17-15-24(18-7-3-2-4-8-18)23-20(17)16-6-5-11-21-14-16/h2-11,14-15H,12-13H2,1H3,(H,22,25). The van der Waals surface area contributed by atoms with Crippen molar-refractivity contribution in [1.82, 2.24) is 20.1 Å². The van der Waals surface area contributed by atoms with Gasteiger partial charge in [0.15, 0.2) is 0 Å². The third-order valence-corrected chi connectivity index (χ3v) is 4.83. The number of pyridine rings is 1. The Balaban J connectivity index is 1.84. The fourth-order valence-electron chi connectivity index (χ4n) is 2.53. The monoisotopic (exact) mass is 396 g/mol. The molecule has 0 unspecified atom stereocenters. The molecule has 144 valence electrons. The van der Waals surface area contributed by atoms with Gasteiger partial charge in [0.2, 0.25) is 5.91 Å². The number of hydrogen-bond donors (Lipinski definition) is 1. The van der Waals surface area contributed by atoms with Gasteiger partial charge >= 0.3 is 0 Å². The first kappa shape index (κ1) is 19.5. The molecule has 0 saturated heterocycles. The lowest BCUT2D eigenvalue weighted by atomic mass is 10.1. The second-order valence-electron chi connectivity index (χ2n) is 6.21. The molecule has 1 N–H and O–H groups in total. The van der Waals surface area contributed by atoms with E-state index in [1.807, 2.05) is 48.7 Å². The summed E-state index contributed by atoms with van der Waals surface area (Å²) >= 11 is 0. The molecule has 0 radical (unpaired) electrons. The molecule has 0 saturated carbocycles. The molecule has 0 fully saturated rings. The van der Waals surface area contributed by atoms with Gasteiger partial charge in [-0.15, -0.1) is 0 Å². The maximum absolute atomic E-state index is 12.0. The van der Waals surface area contributed by atoms with Crippen LogP contribution in [0.1, 0.15) is 5.56 Å². The molecule has 0 bridgehead atoms. The number of carbonyl (C=O) groups is 1. The quantitative estimate of drug-likeness (QED) is 0.617. The van der Waals surface area contributed by atoms with Crippen molar-refractivity contribution in [1.29, 1.82) is 0 Å². The molecule has 0 spiro atoms. The Morgan fingerprint density at radius 1 is 1.18 bits per heavy atom. The molecule has 28 heavy (non-hydrogen) atoms. The first-order chi connectivity index (χ1) is 13.4. The van der Waals surface area contributed by atoms with Crippen molar-refractivity contribution in [2.45, 2.75) is 0 Å². The number of sulfone groups is 1. The SMILES string of the molecule is CS(=O)(=O)CCNC(=O)C=Cc1cn(-c2ccccc2)nc1-c1cccnc1. The van der Waals surface area contributed by atoms with E-state index in [4.69, 9.17) is 0 Å². The average molecular weight is 396 g/mol. The molecule has 0 aliphatic rings. The van der Waals surface area contributed by atoms with Gasteiger partial charge in [0.25, 0.3) is 0 Å². The van der Waals surface area contributed by atoms with Gasteiger partial charge in [0, 0.05) is 48.6 Å². The topological polar surface area (TPSA) is 94.0 Å². The minimum Gasteiger partial charge on any atom is -0.352 e. The van der Waals surface area contributed by atoms with Crippen LogP contribution in [0.4, 0.5) is 0 Å². The minimum absolute atomic E-state index is 0.0702. The van der Waals surface area contributed by atoms with Crippen molar-refractivity contribution in [3.8, 4) is 16.9 Å². The lowest BCUT2D eigenvalue weighted by molar-refractivity contribution is -0.116. The van der Waals surface area contributed by atoms with Gasteiger partial charge in [-0.1, -0.05) is 18.2 Å². The fourth-order valence-corrected chi connectivity index (χ4v) is 3.01. The third kappa shape index (κ3) is 5.37. The second kappa shape index (κ2) is 8.62. The molecule has 0 atom stereocenters. The van der Waals surface area contributed by atoms with Crippen LogP contribution in [0.15, 0.2) is 67.1 Å². The molecule has 7 nitrogen and oxygen atoms in total. The van der Waals surface area contributed by atoms with Crippen molar-refractivity contribution in [3.63, 3.8) is 0 Å². The third-order valence-electron chi connectivity index (χ3n) is 3.88. The van der Waals surface area contributed by atoms with Crippen molar-refractivity contribution >= 4 is 21.8 Å². The molecular weight excluding hydrogens is 376 g/mol. The van der Waals surface area contributed by atoms with Crippen molar-refractivity contribution in [2.24, 2.45) is 0 Å². The van der Waals surface area contributed by atoms with Crippen LogP contribution in [0.3, 0.4) is 0 Å². The van der Waals surface area contributed by atoms with Crippen molar-refractivity contribution in [3.05, 3.63) is 72.7 Å². The highest BCUT2D eigenvalue weighted by Gasteiger charge is 2.11. The van der Waals surface area contributed by atoms with E-state index >= 15 is 0 Å². The summed E-state index contributed by atoms with van der Waals surface area (Å²) in [4.78, 5) is 16.1. The highest BCUT2D eigenvalue weighted by Crippen LogP contribution is 2.24. The first-order valence-electron chi connectivity index (χ1n) is 8.61. The van der Waals surface area contributed by atoms with Gasteiger partial charge in [-0.3, -0.25) is 9.78 Å². The van der Waals surface area contributed by atoms with Crippen LogP contribution < -0.4 is 5.32 Å². The summed E-state index contributed by atoms with van der Waals surface area (Å²) in [6.07, 6.45) is 9.38. The van der Waals surface area contributed by atoms with Crippen LogP contribution in [0.5, 0.6) is 0 Å². The zero-order valence-corrected chi connectivity index (χ0v) is 16.1. The largest absolute Gasteiger partial charge is 0.352 e. The van der Waals surface area contributed by atoms with Crippen LogP contribution in [0, 0.1) is 0 Å². The Morgan fingerprint density at radius 2 is 1.96 bits per heavy atom. The number of para-hydroxylation sites is 1. The zero-order valence-electron chi connectivity index (χ0n) is 15.3. The number of aromatic nitrogens is 3. The van der Waals surface area contributed by atoms with Crippen LogP contribution in [0.25, 0.3) is 23.0 Å². The number of rotatable bonds is 7.